The van der Waals surface area contributed by atoms with Gasteiger partial charge in [0, 0.05) is 29.9 Å². The zero-order valence-electron chi connectivity index (χ0n) is 10.2. The van der Waals surface area contributed by atoms with Gasteiger partial charge in [-0.15, -0.1) is 0 Å². The lowest BCUT2D eigenvalue weighted by molar-refractivity contribution is 0.633. The van der Waals surface area contributed by atoms with E-state index in [-0.39, 0.29) is 5.56 Å². The standard InChI is InChI=1S/C14H17N3O/c18-14-13-4-3-11(8-10(13)5-7-16-14)17-9-12-2-1-6-15-12/h3-5,7-8,12,15,17H,1-2,6,9H2,(H,16,18). The summed E-state index contributed by atoms with van der Waals surface area (Å²) < 4.78 is 0. The quantitative estimate of drug-likeness (QED) is 0.769. The lowest BCUT2D eigenvalue weighted by Crippen LogP contribution is -2.29. The molecule has 2 heterocycles. The van der Waals surface area contributed by atoms with Crippen molar-refractivity contribution in [1.82, 2.24) is 10.3 Å². The zero-order valence-corrected chi connectivity index (χ0v) is 10.2. The first kappa shape index (κ1) is 11.3. The van der Waals surface area contributed by atoms with Crippen LogP contribution in [0.5, 0.6) is 0 Å². The number of anilines is 1. The average molecular weight is 243 g/mol. The predicted molar refractivity (Wildman–Crippen MR) is 74.1 cm³/mol. The Balaban J connectivity index is 1.78. The van der Waals surface area contributed by atoms with Crippen molar-refractivity contribution in [3.05, 3.63) is 40.8 Å². The maximum atomic E-state index is 11.6. The number of fused-ring (bicyclic) bond motifs is 1. The third-order valence-electron chi connectivity index (χ3n) is 3.49. The molecule has 4 nitrogen and oxygen atoms in total. The summed E-state index contributed by atoms with van der Waals surface area (Å²) in [6.07, 6.45) is 4.19. The van der Waals surface area contributed by atoms with E-state index in [0.717, 1.165) is 29.5 Å². The van der Waals surface area contributed by atoms with Crippen molar-refractivity contribution >= 4 is 16.5 Å². The largest absolute Gasteiger partial charge is 0.383 e. The van der Waals surface area contributed by atoms with E-state index in [1.807, 2.05) is 24.3 Å². The number of hydrogen-bond donors (Lipinski definition) is 3. The van der Waals surface area contributed by atoms with E-state index in [4.69, 9.17) is 0 Å². The molecule has 0 radical (unpaired) electrons. The molecule has 1 atom stereocenters. The maximum Gasteiger partial charge on any atom is 0.255 e. The number of pyridine rings is 1. The second kappa shape index (κ2) is 4.82. The molecule has 1 unspecified atom stereocenters. The highest BCUT2D eigenvalue weighted by Crippen LogP contribution is 2.16. The van der Waals surface area contributed by atoms with Gasteiger partial charge in [-0.3, -0.25) is 4.79 Å². The van der Waals surface area contributed by atoms with Gasteiger partial charge in [-0.05, 0) is 49.0 Å². The van der Waals surface area contributed by atoms with Crippen molar-refractivity contribution in [2.45, 2.75) is 18.9 Å². The molecular weight excluding hydrogens is 226 g/mol. The molecule has 18 heavy (non-hydrogen) atoms. The fraction of sp³-hybridized carbons (Fsp3) is 0.357. The van der Waals surface area contributed by atoms with E-state index in [9.17, 15) is 4.79 Å². The van der Waals surface area contributed by atoms with Gasteiger partial charge in [0.05, 0.1) is 0 Å². The second-order valence-electron chi connectivity index (χ2n) is 4.78. The van der Waals surface area contributed by atoms with E-state index >= 15 is 0 Å². The highest BCUT2D eigenvalue weighted by atomic mass is 16.1. The van der Waals surface area contributed by atoms with Gasteiger partial charge < -0.3 is 15.6 Å². The first-order valence-electron chi connectivity index (χ1n) is 6.42. The Morgan fingerprint density at radius 1 is 1.33 bits per heavy atom. The summed E-state index contributed by atoms with van der Waals surface area (Å²) in [7, 11) is 0. The van der Waals surface area contributed by atoms with Gasteiger partial charge in [-0.25, -0.2) is 0 Å². The summed E-state index contributed by atoms with van der Waals surface area (Å²) >= 11 is 0. The summed E-state index contributed by atoms with van der Waals surface area (Å²) in [5.74, 6) is 0. The molecule has 3 rings (SSSR count). The minimum atomic E-state index is -0.0310. The normalized spacial score (nSPS) is 19.2. The zero-order chi connectivity index (χ0) is 12.4. The Bertz CT molecular complexity index is 599. The maximum absolute atomic E-state index is 11.6. The van der Waals surface area contributed by atoms with Crippen LogP contribution in [0.3, 0.4) is 0 Å². The highest BCUT2D eigenvalue weighted by Gasteiger charge is 2.13. The molecule has 0 saturated carbocycles. The lowest BCUT2D eigenvalue weighted by atomic mass is 10.1. The average Bonchev–Trinajstić information content (AvgIpc) is 2.90. The SMILES string of the molecule is O=c1[nH]ccc2cc(NCC3CCCN3)ccc12. The van der Waals surface area contributed by atoms with Crippen LogP contribution in [-0.4, -0.2) is 24.1 Å². The van der Waals surface area contributed by atoms with Crippen LogP contribution in [0.4, 0.5) is 5.69 Å². The molecular formula is C14H17N3O. The molecule has 2 aromatic rings. The van der Waals surface area contributed by atoms with Crippen LogP contribution < -0.4 is 16.2 Å². The number of aromatic nitrogens is 1. The van der Waals surface area contributed by atoms with Crippen LogP contribution in [0, 0.1) is 0 Å². The van der Waals surface area contributed by atoms with Gasteiger partial charge in [0.15, 0.2) is 0 Å². The summed E-state index contributed by atoms with van der Waals surface area (Å²) in [5.41, 5.74) is 1.04. The topological polar surface area (TPSA) is 56.9 Å². The minimum absolute atomic E-state index is 0.0310. The molecule has 1 aliphatic rings. The number of hydrogen-bond acceptors (Lipinski definition) is 3. The first-order chi connectivity index (χ1) is 8.83. The van der Waals surface area contributed by atoms with Gasteiger partial charge in [0.1, 0.15) is 0 Å². The van der Waals surface area contributed by atoms with E-state index in [1.54, 1.807) is 6.20 Å². The van der Waals surface area contributed by atoms with Gasteiger partial charge in [0.25, 0.3) is 5.56 Å². The first-order valence-corrected chi connectivity index (χ1v) is 6.42. The molecule has 0 aliphatic carbocycles. The highest BCUT2D eigenvalue weighted by molar-refractivity contribution is 5.84. The Labute approximate surface area is 105 Å². The third kappa shape index (κ3) is 2.24. The fourth-order valence-electron chi connectivity index (χ4n) is 2.47. The van der Waals surface area contributed by atoms with Crippen molar-refractivity contribution in [2.75, 3.05) is 18.4 Å². The molecule has 4 heteroatoms. The molecule has 0 amide bonds. The van der Waals surface area contributed by atoms with Gasteiger partial charge >= 0.3 is 0 Å². The van der Waals surface area contributed by atoms with Gasteiger partial charge in [0.2, 0.25) is 0 Å². The van der Waals surface area contributed by atoms with Crippen LogP contribution in [-0.2, 0) is 0 Å². The summed E-state index contributed by atoms with van der Waals surface area (Å²) in [6, 6.07) is 8.36. The molecule has 1 aromatic heterocycles. The summed E-state index contributed by atoms with van der Waals surface area (Å²) in [5, 5.41) is 8.59. The summed E-state index contributed by atoms with van der Waals surface area (Å²) in [6.45, 7) is 2.06. The van der Waals surface area contributed by atoms with Crippen LogP contribution in [0.25, 0.3) is 10.8 Å². The molecule has 1 aliphatic heterocycles. The molecule has 1 aromatic carbocycles. The molecule has 1 fully saturated rings. The Kier molecular flexibility index (Phi) is 3.02. The van der Waals surface area contributed by atoms with Crippen molar-refractivity contribution < 1.29 is 0 Å². The van der Waals surface area contributed by atoms with Gasteiger partial charge in [-0.2, -0.15) is 0 Å². The van der Waals surface area contributed by atoms with Crippen LogP contribution in [0.1, 0.15) is 12.8 Å². The minimum Gasteiger partial charge on any atom is -0.383 e. The molecule has 1 saturated heterocycles. The van der Waals surface area contributed by atoms with Crippen molar-refractivity contribution in [3.8, 4) is 0 Å². The van der Waals surface area contributed by atoms with Crippen molar-refractivity contribution in [2.24, 2.45) is 0 Å². The Morgan fingerprint density at radius 2 is 2.28 bits per heavy atom. The molecule has 94 valence electrons. The smallest absolute Gasteiger partial charge is 0.255 e. The van der Waals surface area contributed by atoms with Crippen LogP contribution in [0.15, 0.2) is 35.3 Å². The fourth-order valence-corrected chi connectivity index (χ4v) is 2.47. The number of rotatable bonds is 3. The molecule has 3 N–H and O–H groups in total. The van der Waals surface area contributed by atoms with E-state index in [2.05, 4.69) is 15.6 Å². The van der Waals surface area contributed by atoms with Crippen molar-refractivity contribution in [3.63, 3.8) is 0 Å². The predicted octanol–water partition coefficient (Wildman–Crippen LogP) is 1.69. The van der Waals surface area contributed by atoms with E-state index in [1.165, 1.54) is 12.8 Å². The Hall–Kier alpha value is -1.81. The summed E-state index contributed by atoms with van der Waals surface area (Å²) in [4.78, 5) is 14.3. The third-order valence-corrected chi connectivity index (χ3v) is 3.49. The van der Waals surface area contributed by atoms with Crippen LogP contribution in [0.2, 0.25) is 0 Å². The van der Waals surface area contributed by atoms with Gasteiger partial charge in [-0.1, -0.05) is 0 Å². The van der Waals surface area contributed by atoms with Crippen LogP contribution >= 0.6 is 0 Å². The monoisotopic (exact) mass is 243 g/mol. The van der Waals surface area contributed by atoms with E-state index < -0.39 is 0 Å². The van der Waals surface area contributed by atoms with Crippen molar-refractivity contribution in [1.29, 1.82) is 0 Å². The molecule has 0 bridgehead atoms. The number of H-pyrrole nitrogens is 1. The second-order valence-corrected chi connectivity index (χ2v) is 4.78. The Morgan fingerprint density at radius 3 is 3.11 bits per heavy atom. The lowest BCUT2D eigenvalue weighted by Gasteiger charge is -2.12. The van der Waals surface area contributed by atoms with E-state index in [0.29, 0.717) is 6.04 Å². The molecule has 0 spiro atoms. The number of benzene rings is 1. The number of nitrogens with one attached hydrogen (secondary N) is 3. The number of aromatic amines is 1.